The Kier molecular flexibility index (Phi) is 6.06. The van der Waals surface area contributed by atoms with Gasteiger partial charge in [0, 0.05) is 37.8 Å². The summed E-state index contributed by atoms with van der Waals surface area (Å²) in [6.45, 7) is 2.24. The Bertz CT molecular complexity index is 485. The molecule has 1 aromatic rings. The largest absolute Gasteiger partial charge is 0.481 e. The molecule has 2 amide bonds. The molecule has 1 aromatic carbocycles. The normalized spacial score (nSPS) is 15.4. The number of aliphatic carboxylic acids is 1. The molecule has 1 saturated heterocycles. The summed E-state index contributed by atoms with van der Waals surface area (Å²) in [4.78, 5) is 24.4. The van der Waals surface area contributed by atoms with Crippen LogP contribution in [0.3, 0.4) is 0 Å². The van der Waals surface area contributed by atoms with Crippen molar-refractivity contribution in [1.82, 2.24) is 10.6 Å². The average Bonchev–Trinajstić information content (AvgIpc) is 2.53. The van der Waals surface area contributed by atoms with Gasteiger partial charge in [0.25, 0.3) is 0 Å². The molecule has 2 rings (SSSR count). The highest BCUT2D eigenvalue weighted by molar-refractivity contribution is 5.74. The molecule has 0 aliphatic carbocycles. The number of piperidine rings is 1. The Morgan fingerprint density at radius 2 is 1.86 bits per heavy atom. The lowest BCUT2D eigenvalue weighted by Crippen LogP contribution is -2.48. The second-order valence-electron chi connectivity index (χ2n) is 5.49. The van der Waals surface area contributed by atoms with Crippen molar-refractivity contribution in [3.8, 4) is 0 Å². The summed E-state index contributed by atoms with van der Waals surface area (Å²) >= 11 is 0. The maximum absolute atomic E-state index is 11.7. The lowest BCUT2D eigenvalue weighted by atomic mass is 10.0. The van der Waals surface area contributed by atoms with Gasteiger partial charge in [0.05, 0.1) is 0 Å². The molecule has 0 aromatic heterocycles. The summed E-state index contributed by atoms with van der Waals surface area (Å²) in [6, 6.07) is 10.2. The molecule has 1 heterocycles. The van der Waals surface area contributed by atoms with E-state index in [9.17, 15) is 9.59 Å². The number of carboxylic acids is 1. The van der Waals surface area contributed by atoms with Gasteiger partial charge in [0.15, 0.2) is 0 Å². The Morgan fingerprint density at radius 3 is 2.50 bits per heavy atom. The molecule has 0 atom stereocenters. The van der Waals surface area contributed by atoms with Gasteiger partial charge in [-0.1, -0.05) is 18.2 Å². The molecule has 0 spiro atoms. The molecule has 120 valence electrons. The van der Waals surface area contributed by atoms with Crippen LogP contribution in [0.25, 0.3) is 0 Å². The van der Waals surface area contributed by atoms with Gasteiger partial charge < -0.3 is 20.6 Å². The molecule has 6 nitrogen and oxygen atoms in total. The third-order valence-electron chi connectivity index (χ3n) is 3.80. The highest BCUT2D eigenvalue weighted by atomic mass is 16.4. The number of nitrogens with zero attached hydrogens (tertiary/aromatic N) is 1. The molecule has 0 saturated carbocycles. The Balaban J connectivity index is 1.64. The summed E-state index contributed by atoms with van der Waals surface area (Å²) in [5, 5.41) is 14.2. The lowest BCUT2D eigenvalue weighted by molar-refractivity contribution is -0.137. The minimum atomic E-state index is -0.838. The van der Waals surface area contributed by atoms with Gasteiger partial charge in [0.1, 0.15) is 0 Å². The Morgan fingerprint density at radius 1 is 1.18 bits per heavy atom. The summed E-state index contributed by atoms with van der Waals surface area (Å²) < 4.78 is 0. The van der Waals surface area contributed by atoms with Crippen LogP contribution in [0.15, 0.2) is 30.3 Å². The van der Waals surface area contributed by atoms with Gasteiger partial charge in [0.2, 0.25) is 0 Å². The first kappa shape index (κ1) is 16.1. The standard InChI is InChI=1S/C16H23N3O3/c20-15(21)7-4-10-17-16(22)18-13-8-11-19(12-9-13)14-5-2-1-3-6-14/h1-3,5-6,13H,4,7-12H2,(H,20,21)(H2,17,18,22). The highest BCUT2D eigenvalue weighted by Crippen LogP contribution is 2.19. The summed E-state index contributed by atoms with van der Waals surface area (Å²) in [5.74, 6) is -0.838. The average molecular weight is 305 g/mol. The van der Waals surface area contributed by atoms with E-state index in [4.69, 9.17) is 5.11 Å². The Hall–Kier alpha value is -2.24. The molecule has 0 unspecified atom stereocenters. The number of nitrogens with one attached hydrogen (secondary N) is 2. The summed E-state index contributed by atoms with van der Waals surface area (Å²) in [7, 11) is 0. The molecule has 1 aliphatic rings. The van der Waals surface area contributed by atoms with Crippen molar-refractivity contribution in [2.24, 2.45) is 0 Å². The van der Waals surface area contributed by atoms with E-state index in [-0.39, 0.29) is 18.5 Å². The predicted octanol–water partition coefficient (Wildman–Crippen LogP) is 1.82. The third-order valence-corrected chi connectivity index (χ3v) is 3.80. The number of carbonyl (C=O) groups is 2. The van der Waals surface area contributed by atoms with E-state index in [1.807, 2.05) is 18.2 Å². The number of urea groups is 1. The zero-order chi connectivity index (χ0) is 15.8. The number of amides is 2. The SMILES string of the molecule is O=C(O)CCCNC(=O)NC1CCN(c2ccccc2)CC1. The van der Waals surface area contributed by atoms with Crippen molar-refractivity contribution in [3.63, 3.8) is 0 Å². The monoisotopic (exact) mass is 305 g/mol. The first-order valence-electron chi connectivity index (χ1n) is 7.71. The Labute approximate surface area is 130 Å². The fourth-order valence-corrected chi connectivity index (χ4v) is 2.60. The van der Waals surface area contributed by atoms with Gasteiger partial charge in [-0.3, -0.25) is 4.79 Å². The molecule has 0 bridgehead atoms. The zero-order valence-corrected chi connectivity index (χ0v) is 12.6. The van der Waals surface area contributed by atoms with E-state index in [2.05, 4.69) is 27.7 Å². The summed E-state index contributed by atoms with van der Waals surface area (Å²) in [6.07, 6.45) is 2.36. The number of hydrogen-bond acceptors (Lipinski definition) is 3. The number of carboxylic acid groups (broad SMARTS) is 1. The van der Waals surface area contributed by atoms with Crippen LogP contribution in [-0.2, 0) is 4.79 Å². The number of anilines is 1. The minimum Gasteiger partial charge on any atom is -0.481 e. The number of carbonyl (C=O) groups excluding carboxylic acids is 1. The molecule has 1 aliphatic heterocycles. The van der Waals surface area contributed by atoms with Crippen molar-refractivity contribution >= 4 is 17.7 Å². The van der Waals surface area contributed by atoms with Crippen molar-refractivity contribution in [3.05, 3.63) is 30.3 Å². The molecule has 3 N–H and O–H groups in total. The summed E-state index contributed by atoms with van der Waals surface area (Å²) in [5.41, 5.74) is 1.22. The van der Waals surface area contributed by atoms with Gasteiger partial charge >= 0.3 is 12.0 Å². The quantitative estimate of drug-likeness (QED) is 0.700. The first-order chi connectivity index (χ1) is 10.6. The van der Waals surface area contributed by atoms with Crippen LogP contribution in [0, 0.1) is 0 Å². The minimum absolute atomic E-state index is 0.0791. The van der Waals surface area contributed by atoms with Crippen LogP contribution < -0.4 is 15.5 Å². The zero-order valence-electron chi connectivity index (χ0n) is 12.6. The molecule has 1 fully saturated rings. The maximum Gasteiger partial charge on any atom is 0.315 e. The van der Waals surface area contributed by atoms with Crippen molar-refractivity contribution in [2.75, 3.05) is 24.5 Å². The smallest absolute Gasteiger partial charge is 0.315 e. The second-order valence-corrected chi connectivity index (χ2v) is 5.49. The number of hydrogen-bond donors (Lipinski definition) is 3. The van der Waals surface area contributed by atoms with E-state index >= 15 is 0 Å². The fourth-order valence-electron chi connectivity index (χ4n) is 2.60. The van der Waals surface area contributed by atoms with Crippen molar-refractivity contribution in [2.45, 2.75) is 31.7 Å². The van der Waals surface area contributed by atoms with Gasteiger partial charge in [-0.25, -0.2) is 4.79 Å². The lowest BCUT2D eigenvalue weighted by Gasteiger charge is -2.33. The van der Waals surface area contributed by atoms with Gasteiger partial charge in [-0.2, -0.15) is 0 Å². The maximum atomic E-state index is 11.7. The van der Waals surface area contributed by atoms with Crippen LogP contribution in [0.2, 0.25) is 0 Å². The number of rotatable bonds is 6. The molecule has 22 heavy (non-hydrogen) atoms. The number of benzene rings is 1. The van der Waals surface area contributed by atoms with Gasteiger partial charge in [-0.05, 0) is 31.4 Å². The predicted molar refractivity (Wildman–Crippen MR) is 85.1 cm³/mol. The first-order valence-corrected chi connectivity index (χ1v) is 7.71. The molecule has 6 heteroatoms. The van der Waals surface area contributed by atoms with E-state index in [0.717, 1.165) is 25.9 Å². The van der Waals surface area contributed by atoms with E-state index in [1.165, 1.54) is 5.69 Å². The van der Waals surface area contributed by atoms with Crippen LogP contribution in [-0.4, -0.2) is 42.8 Å². The number of para-hydroxylation sites is 1. The second kappa shape index (κ2) is 8.26. The third kappa shape index (κ3) is 5.27. The van der Waals surface area contributed by atoms with E-state index in [0.29, 0.717) is 13.0 Å². The van der Waals surface area contributed by atoms with Crippen LogP contribution in [0.5, 0.6) is 0 Å². The molecule has 0 radical (unpaired) electrons. The van der Waals surface area contributed by atoms with Crippen LogP contribution in [0.4, 0.5) is 10.5 Å². The van der Waals surface area contributed by atoms with E-state index < -0.39 is 5.97 Å². The van der Waals surface area contributed by atoms with Crippen LogP contribution >= 0.6 is 0 Å². The van der Waals surface area contributed by atoms with Crippen LogP contribution in [0.1, 0.15) is 25.7 Å². The van der Waals surface area contributed by atoms with E-state index in [1.54, 1.807) is 0 Å². The molecular weight excluding hydrogens is 282 g/mol. The van der Waals surface area contributed by atoms with Gasteiger partial charge in [-0.15, -0.1) is 0 Å². The fraction of sp³-hybridized carbons (Fsp3) is 0.500. The molecular formula is C16H23N3O3. The topological polar surface area (TPSA) is 81.7 Å². The highest BCUT2D eigenvalue weighted by Gasteiger charge is 2.20. The van der Waals surface area contributed by atoms with Crippen molar-refractivity contribution < 1.29 is 14.7 Å². The van der Waals surface area contributed by atoms with Crippen molar-refractivity contribution in [1.29, 1.82) is 0 Å².